The first kappa shape index (κ1) is 11.0. The van der Waals surface area contributed by atoms with Gasteiger partial charge in [0.1, 0.15) is 0 Å². The molecule has 0 radical (unpaired) electrons. The molecule has 0 unspecified atom stereocenters. The van der Waals surface area contributed by atoms with E-state index in [0.29, 0.717) is 17.0 Å². The van der Waals surface area contributed by atoms with Gasteiger partial charge in [0.25, 0.3) is 0 Å². The van der Waals surface area contributed by atoms with Gasteiger partial charge in [-0.1, -0.05) is 41.7 Å². The van der Waals surface area contributed by atoms with Crippen LogP contribution in [0.4, 0.5) is 0 Å². The maximum absolute atomic E-state index is 9.50. The highest BCUT2D eigenvalue weighted by Gasteiger charge is 2.16. The minimum atomic E-state index is -0.0814. The summed E-state index contributed by atoms with van der Waals surface area (Å²) in [7, 11) is 0. The quantitative estimate of drug-likeness (QED) is 0.778. The average molecular weight is 240 g/mol. The Morgan fingerprint density at radius 3 is 2.08 bits per heavy atom. The second-order valence-electron chi connectivity index (χ2n) is 2.75. The molecule has 1 aromatic carbocycles. The summed E-state index contributed by atoms with van der Waals surface area (Å²) in [5.74, 6) is -0.0814. The largest absolute Gasteiger partial charge is 0.505 e. The van der Waals surface area contributed by atoms with E-state index in [9.17, 15) is 5.11 Å². The van der Waals surface area contributed by atoms with Crippen molar-refractivity contribution in [2.45, 2.75) is 20.3 Å². The lowest BCUT2D eigenvalue weighted by Gasteiger charge is -2.11. The maximum atomic E-state index is 9.50. The number of benzene rings is 1. The fraction of sp³-hybridized carbons (Fsp3) is 0.333. The number of aromatic hydroxyl groups is 1. The van der Waals surface area contributed by atoms with Crippen LogP contribution in [0.3, 0.4) is 0 Å². The van der Waals surface area contributed by atoms with E-state index in [2.05, 4.69) is 0 Å². The normalized spacial score (nSPS) is 10.5. The molecule has 13 heavy (non-hydrogen) atoms. The fourth-order valence-electron chi connectivity index (χ4n) is 1.15. The SMILES string of the molecule is CCc1c(Cl)c(C)c(Cl)c(O)c1Cl. The summed E-state index contributed by atoms with van der Waals surface area (Å²) in [5.41, 5.74) is 1.41. The van der Waals surface area contributed by atoms with Crippen molar-refractivity contribution in [1.29, 1.82) is 0 Å². The first-order valence-corrected chi connectivity index (χ1v) is 4.99. The van der Waals surface area contributed by atoms with Crippen LogP contribution >= 0.6 is 34.8 Å². The Morgan fingerprint density at radius 1 is 1.08 bits per heavy atom. The molecule has 0 spiro atoms. The van der Waals surface area contributed by atoms with Gasteiger partial charge in [-0.15, -0.1) is 0 Å². The molecule has 0 amide bonds. The van der Waals surface area contributed by atoms with Crippen LogP contribution in [0.25, 0.3) is 0 Å². The van der Waals surface area contributed by atoms with Gasteiger partial charge in [-0.3, -0.25) is 0 Å². The molecule has 0 aliphatic carbocycles. The first-order chi connectivity index (χ1) is 6.00. The highest BCUT2D eigenvalue weighted by Crippen LogP contribution is 2.42. The monoisotopic (exact) mass is 238 g/mol. The molecule has 1 nitrogen and oxygen atoms in total. The first-order valence-electron chi connectivity index (χ1n) is 3.85. The van der Waals surface area contributed by atoms with Crippen LogP contribution in [0.15, 0.2) is 0 Å². The molecule has 0 fully saturated rings. The van der Waals surface area contributed by atoms with Crippen molar-refractivity contribution in [2.75, 3.05) is 0 Å². The molecule has 1 N–H and O–H groups in total. The van der Waals surface area contributed by atoms with Crippen LogP contribution in [-0.2, 0) is 6.42 Å². The van der Waals surface area contributed by atoms with Gasteiger partial charge < -0.3 is 5.11 Å². The highest BCUT2D eigenvalue weighted by atomic mass is 35.5. The lowest BCUT2D eigenvalue weighted by atomic mass is 10.1. The molecular formula is C9H9Cl3O. The van der Waals surface area contributed by atoms with Crippen LogP contribution in [0.5, 0.6) is 5.75 Å². The zero-order valence-corrected chi connectivity index (χ0v) is 9.56. The van der Waals surface area contributed by atoms with Gasteiger partial charge in [0.15, 0.2) is 5.75 Å². The number of hydrogen-bond acceptors (Lipinski definition) is 1. The molecule has 72 valence electrons. The molecule has 0 aromatic heterocycles. The third-order valence-electron chi connectivity index (χ3n) is 1.96. The van der Waals surface area contributed by atoms with Crippen molar-refractivity contribution >= 4 is 34.8 Å². The molecule has 0 aliphatic rings. The predicted octanol–water partition coefficient (Wildman–Crippen LogP) is 4.22. The molecule has 1 rings (SSSR count). The second-order valence-corrected chi connectivity index (χ2v) is 3.88. The van der Waals surface area contributed by atoms with E-state index in [1.54, 1.807) is 6.92 Å². The number of hydrogen-bond donors (Lipinski definition) is 1. The Balaban J connectivity index is 3.56. The summed E-state index contributed by atoms with van der Waals surface area (Å²) in [6.45, 7) is 3.67. The van der Waals surface area contributed by atoms with Crippen molar-refractivity contribution in [3.63, 3.8) is 0 Å². The molecule has 0 atom stereocenters. The van der Waals surface area contributed by atoms with Gasteiger partial charge in [-0.05, 0) is 24.5 Å². The van der Waals surface area contributed by atoms with E-state index in [1.807, 2.05) is 6.92 Å². The molecule has 1 aromatic rings. The van der Waals surface area contributed by atoms with Crippen LogP contribution in [0.2, 0.25) is 15.1 Å². The van der Waals surface area contributed by atoms with Crippen molar-refractivity contribution in [1.82, 2.24) is 0 Å². The standard InChI is InChI=1S/C9H9Cl3O/c1-3-5-6(10)4(2)7(11)9(13)8(5)12/h13H,3H2,1-2H3. The molecule has 4 heteroatoms. The van der Waals surface area contributed by atoms with Gasteiger partial charge in [0.2, 0.25) is 0 Å². The van der Waals surface area contributed by atoms with Crippen molar-refractivity contribution in [3.05, 3.63) is 26.2 Å². The predicted molar refractivity (Wildman–Crippen MR) is 57.3 cm³/mol. The number of halogens is 3. The van der Waals surface area contributed by atoms with Crippen LogP contribution in [-0.4, -0.2) is 5.11 Å². The highest BCUT2D eigenvalue weighted by molar-refractivity contribution is 6.42. The zero-order chi connectivity index (χ0) is 10.2. The number of rotatable bonds is 1. The lowest BCUT2D eigenvalue weighted by molar-refractivity contribution is 0.474. The molecular weight excluding hydrogens is 230 g/mol. The summed E-state index contributed by atoms with van der Waals surface area (Å²) in [6, 6.07) is 0. The topological polar surface area (TPSA) is 20.2 Å². The summed E-state index contributed by atoms with van der Waals surface area (Å²) in [4.78, 5) is 0. The Kier molecular flexibility index (Phi) is 3.33. The van der Waals surface area contributed by atoms with Gasteiger partial charge in [-0.25, -0.2) is 0 Å². The van der Waals surface area contributed by atoms with Crippen LogP contribution < -0.4 is 0 Å². The van der Waals surface area contributed by atoms with E-state index < -0.39 is 0 Å². The zero-order valence-electron chi connectivity index (χ0n) is 7.29. The Labute approximate surface area is 92.2 Å². The molecule has 0 heterocycles. The fourth-order valence-corrected chi connectivity index (χ4v) is 2.13. The molecule has 0 bridgehead atoms. The molecule has 0 saturated heterocycles. The average Bonchev–Trinajstić information content (AvgIpc) is 2.13. The smallest absolute Gasteiger partial charge is 0.153 e. The summed E-state index contributed by atoms with van der Waals surface area (Å²) < 4.78 is 0. The minimum absolute atomic E-state index is 0.0814. The van der Waals surface area contributed by atoms with E-state index >= 15 is 0 Å². The number of phenolic OH excluding ortho intramolecular Hbond substituents is 1. The summed E-state index contributed by atoms with van der Waals surface area (Å²) in [5, 5.41) is 10.5. The van der Waals surface area contributed by atoms with Crippen molar-refractivity contribution in [3.8, 4) is 5.75 Å². The van der Waals surface area contributed by atoms with E-state index in [-0.39, 0.29) is 15.8 Å². The van der Waals surface area contributed by atoms with E-state index in [1.165, 1.54) is 0 Å². The minimum Gasteiger partial charge on any atom is -0.505 e. The Bertz CT molecular complexity index is 318. The number of phenols is 1. The molecule has 0 saturated carbocycles. The Morgan fingerprint density at radius 2 is 1.62 bits per heavy atom. The van der Waals surface area contributed by atoms with Crippen LogP contribution in [0.1, 0.15) is 18.1 Å². The van der Waals surface area contributed by atoms with Gasteiger partial charge in [-0.2, -0.15) is 0 Å². The summed E-state index contributed by atoms with van der Waals surface area (Å²) in [6.07, 6.45) is 0.670. The maximum Gasteiger partial charge on any atom is 0.153 e. The third kappa shape index (κ3) is 1.74. The third-order valence-corrected chi connectivity index (χ3v) is 3.34. The second kappa shape index (κ2) is 3.95. The van der Waals surface area contributed by atoms with E-state index in [0.717, 1.165) is 5.56 Å². The lowest BCUT2D eigenvalue weighted by Crippen LogP contribution is -1.90. The van der Waals surface area contributed by atoms with Crippen molar-refractivity contribution in [2.24, 2.45) is 0 Å². The molecule has 0 aliphatic heterocycles. The Hall–Kier alpha value is -0.110. The van der Waals surface area contributed by atoms with Gasteiger partial charge in [0, 0.05) is 5.02 Å². The van der Waals surface area contributed by atoms with Crippen LogP contribution in [0, 0.1) is 6.92 Å². The van der Waals surface area contributed by atoms with Gasteiger partial charge >= 0.3 is 0 Å². The van der Waals surface area contributed by atoms with Crippen molar-refractivity contribution < 1.29 is 5.11 Å². The summed E-state index contributed by atoms with van der Waals surface area (Å²) >= 11 is 17.7. The van der Waals surface area contributed by atoms with E-state index in [4.69, 9.17) is 34.8 Å². The van der Waals surface area contributed by atoms with Gasteiger partial charge in [0.05, 0.1) is 10.0 Å².